The number of nitrogens with one attached hydrogen (secondary N) is 1. The molecule has 0 aliphatic rings. The zero-order valence-corrected chi connectivity index (χ0v) is 14.9. The number of amides is 1. The highest BCUT2D eigenvalue weighted by Crippen LogP contribution is 2.26. The molecule has 5 heteroatoms. The van der Waals surface area contributed by atoms with E-state index in [1.165, 1.54) is 0 Å². The second-order valence-electron chi connectivity index (χ2n) is 5.60. The van der Waals surface area contributed by atoms with Crippen molar-refractivity contribution in [1.29, 1.82) is 5.26 Å². The average Bonchev–Trinajstić information content (AvgIpc) is 2.72. The summed E-state index contributed by atoms with van der Waals surface area (Å²) in [5.74, 6) is 0.620. The van der Waals surface area contributed by atoms with Gasteiger partial charge in [-0.05, 0) is 42.0 Å². The molecular weight excluding hydrogens is 342 g/mol. The highest BCUT2D eigenvalue weighted by molar-refractivity contribution is 7.98. The molecule has 0 atom stereocenters. The lowest BCUT2D eigenvalue weighted by molar-refractivity contribution is 0.0947. The van der Waals surface area contributed by atoms with Crippen LogP contribution in [-0.4, -0.2) is 10.9 Å². The van der Waals surface area contributed by atoms with E-state index in [2.05, 4.69) is 16.4 Å². The molecule has 0 saturated heterocycles. The number of aromatic nitrogens is 1. The van der Waals surface area contributed by atoms with Crippen LogP contribution in [0.2, 0.25) is 0 Å². The molecule has 0 fully saturated rings. The molecule has 1 N–H and O–H groups in total. The molecule has 0 saturated carbocycles. The van der Waals surface area contributed by atoms with Crippen molar-refractivity contribution in [3.05, 3.63) is 95.3 Å². The molecule has 0 aliphatic heterocycles. The van der Waals surface area contributed by atoms with E-state index >= 15 is 0 Å². The average molecular weight is 359 g/mol. The van der Waals surface area contributed by atoms with E-state index in [9.17, 15) is 4.79 Å². The third-order valence-corrected chi connectivity index (χ3v) is 4.91. The number of nitriles is 1. The molecular formula is C21H17N3OS. The van der Waals surface area contributed by atoms with Crippen molar-refractivity contribution in [2.45, 2.75) is 17.2 Å². The normalized spacial score (nSPS) is 10.1. The van der Waals surface area contributed by atoms with Gasteiger partial charge in [0.1, 0.15) is 0 Å². The summed E-state index contributed by atoms with van der Waals surface area (Å²) in [6.07, 6.45) is 1.71. The van der Waals surface area contributed by atoms with E-state index < -0.39 is 0 Å². The Balaban J connectivity index is 1.65. The summed E-state index contributed by atoms with van der Waals surface area (Å²) in [4.78, 5) is 17.7. The maximum atomic E-state index is 12.5. The fourth-order valence-corrected chi connectivity index (χ4v) is 3.39. The van der Waals surface area contributed by atoms with Crippen LogP contribution in [0.1, 0.15) is 27.2 Å². The summed E-state index contributed by atoms with van der Waals surface area (Å²) in [7, 11) is 0. The quantitative estimate of drug-likeness (QED) is 0.671. The van der Waals surface area contributed by atoms with Crippen LogP contribution in [0.25, 0.3) is 0 Å². The lowest BCUT2D eigenvalue weighted by Gasteiger charge is -2.10. The molecule has 0 spiro atoms. The highest BCUT2D eigenvalue weighted by atomic mass is 32.2. The predicted molar refractivity (Wildman–Crippen MR) is 103 cm³/mol. The lowest BCUT2D eigenvalue weighted by atomic mass is 10.2. The van der Waals surface area contributed by atoms with Crippen molar-refractivity contribution in [3.8, 4) is 6.07 Å². The van der Waals surface area contributed by atoms with Gasteiger partial charge in [0, 0.05) is 16.8 Å². The van der Waals surface area contributed by atoms with Crippen molar-refractivity contribution in [2.75, 3.05) is 0 Å². The number of thioether (sulfide) groups is 1. The maximum Gasteiger partial charge on any atom is 0.252 e. The number of benzene rings is 2. The van der Waals surface area contributed by atoms with Gasteiger partial charge in [0.25, 0.3) is 5.91 Å². The number of carbonyl (C=O) groups is 1. The first-order valence-corrected chi connectivity index (χ1v) is 9.14. The van der Waals surface area contributed by atoms with Gasteiger partial charge in [0.2, 0.25) is 0 Å². The van der Waals surface area contributed by atoms with Gasteiger partial charge in [-0.1, -0.05) is 30.3 Å². The highest BCUT2D eigenvalue weighted by Gasteiger charge is 2.11. The lowest BCUT2D eigenvalue weighted by Crippen LogP contribution is -2.23. The third kappa shape index (κ3) is 4.71. The monoisotopic (exact) mass is 359 g/mol. The largest absolute Gasteiger partial charge is 0.346 e. The van der Waals surface area contributed by atoms with Crippen LogP contribution in [0.4, 0.5) is 0 Å². The van der Waals surface area contributed by atoms with Crippen LogP contribution in [0.3, 0.4) is 0 Å². The standard InChI is InChI=1S/C21H17N3OS/c22-13-16-8-10-17(11-9-16)15-26-20-7-2-1-6-19(20)21(25)24-14-18-5-3-4-12-23-18/h1-12H,14-15H2,(H,24,25). The SMILES string of the molecule is N#Cc1ccc(CSc2ccccc2C(=O)NCc2ccccn2)cc1. The molecule has 0 radical (unpaired) electrons. The molecule has 0 unspecified atom stereocenters. The molecule has 2 aromatic carbocycles. The van der Waals surface area contributed by atoms with Gasteiger partial charge < -0.3 is 5.32 Å². The predicted octanol–water partition coefficient (Wildman–Crippen LogP) is 4.18. The smallest absolute Gasteiger partial charge is 0.252 e. The summed E-state index contributed by atoms with van der Waals surface area (Å²) in [5.41, 5.74) is 3.23. The molecule has 128 valence electrons. The van der Waals surface area contributed by atoms with Gasteiger partial charge >= 0.3 is 0 Å². The van der Waals surface area contributed by atoms with Crippen molar-refractivity contribution >= 4 is 17.7 Å². The van der Waals surface area contributed by atoms with Crippen LogP contribution in [0, 0.1) is 11.3 Å². The number of hydrogen-bond acceptors (Lipinski definition) is 4. The fourth-order valence-electron chi connectivity index (χ4n) is 2.39. The zero-order chi connectivity index (χ0) is 18.2. The third-order valence-electron chi connectivity index (χ3n) is 3.77. The second kappa shape index (κ2) is 8.84. The van der Waals surface area contributed by atoms with E-state index in [1.807, 2.05) is 54.6 Å². The number of nitrogens with zero attached hydrogens (tertiary/aromatic N) is 2. The summed E-state index contributed by atoms with van der Waals surface area (Å²) >= 11 is 1.60. The van der Waals surface area contributed by atoms with Gasteiger partial charge in [0.05, 0.1) is 29.4 Å². The van der Waals surface area contributed by atoms with E-state index in [1.54, 1.807) is 30.1 Å². The Bertz CT molecular complexity index is 918. The fraction of sp³-hybridized carbons (Fsp3) is 0.0952. The molecule has 1 amide bonds. The number of pyridine rings is 1. The van der Waals surface area contributed by atoms with E-state index in [4.69, 9.17) is 5.26 Å². The van der Waals surface area contributed by atoms with E-state index in [0.717, 1.165) is 21.9 Å². The van der Waals surface area contributed by atoms with Gasteiger partial charge in [0.15, 0.2) is 0 Å². The Morgan fingerprint density at radius 2 is 1.81 bits per heavy atom. The van der Waals surface area contributed by atoms with Crippen molar-refractivity contribution in [3.63, 3.8) is 0 Å². The molecule has 3 aromatic rings. The maximum absolute atomic E-state index is 12.5. The van der Waals surface area contributed by atoms with Gasteiger partial charge in [-0.25, -0.2) is 0 Å². The Kier molecular flexibility index (Phi) is 6.02. The van der Waals surface area contributed by atoms with Crippen molar-refractivity contribution < 1.29 is 4.79 Å². The van der Waals surface area contributed by atoms with Crippen LogP contribution in [0.15, 0.2) is 77.8 Å². The van der Waals surface area contributed by atoms with Crippen LogP contribution >= 0.6 is 11.8 Å². The van der Waals surface area contributed by atoms with Gasteiger partial charge in [-0.15, -0.1) is 11.8 Å². The van der Waals surface area contributed by atoms with Crippen LogP contribution in [0.5, 0.6) is 0 Å². The Morgan fingerprint density at radius 3 is 2.54 bits per heavy atom. The molecule has 3 rings (SSSR count). The second-order valence-corrected chi connectivity index (χ2v) is 6.61. The van der Waals surface area contributed by atoms with Gasteiger partial charge in [-0.3, -0.25) is 9.78 Å². The number of rotatable bonds is 6. The Labute approximate surface area is 156 Å². The molecule has 0 aliphatic carbocycles. The zero-order valence-electron chi connectivity index (χ0n) is 14.1. The summed E-state index contributed by atoms with van der Waals surface area (Å²) in [6, 6.07) is 22.8. The minimum Gasteiger partial charge on any atom is -0.346 e. The number of hydrogen-bond donors (Lipinski definition) is 1. The first kappa shape index (κ1) is 17.7. The topological polar surface area (TPSA) is 65.8 Å². The molecule has 4 nitrogen and oxygen atoms in total. The number of carbonyl (C=O) groups excluding carboxylic acids is 1. The molecule has 1 aromatic heterocycles. The summed E-state index contributed by atoms with van der Waals surface area (Å²) in [6.45, 7) is 0.397. The molecule has 26 heavy (non-hydrogen) atoms. The molecule has 1 heterocycles. The van der Waals surface area contributed by atoms with Crippen LogP contribution in [-0.2, 0) is 12.3 Å². The van der Waals surface area contributed by atoms with E-state index in [0.29, 0.717) is 17.7 Å². The summed E-state index contributed by atoms with van der Waals surface area (Å²) in [5, 5.41) is 11.8. The first-order valence-electron chi connectivity index (χ1n) is 8.15. The van der Waals surface area contributed by atoms with Gasteiger partial charge in [-0.2, -0.15) is 5.26 Å². The minimum absolute atomic E-state index is 0.112. The Hall–Kier alpha value is -3.10. The Morgan fingerprint density at radius 1 is 1.04 bits per heavy atom. The van der Waals surface area contributed by atoms with E-state index in [-0.39, 0.29) is 5.91 Å². The molecule has 0 bridgehead atoms. The van der Waals surface area contributed by atoms with Crippen molar-refractivity contribution in [1.82, 2.24) is 10.3 Å². The van der Waals surface area contributed by atoms with Crippen molar-refractivity contribution in [2.24, 2.45) is 0 Å². The summed E-state index contributed by atoms with van der Waals surface area (Å²) < 4.78 is 0. The minimum atomic E-state index is -0.112. The van der Waals surface area contributed by atoms with Crippen LogP contribution < -0.4 is 5.32 Å². The first-order chi connectivity index (χ1) is 12.8.